The molecule has 0 spiro atoms. The van der Waals surface area contributed by atoms with E-state index in [2.05, 4.69) is 15.5 Å². The van der Waals surface area contributed by atoms with Crippen molar-refractivity contribution in [2.45, 2.75) is 26.7 Å². The molecular formula is C13H15N3O4S. The Morgan fingerprint density at radius 1 is 1.43 bits per heavy atom. The van der Waals surface area contributed by atoms with Crippen LogP contribution < -0.4 is 5.32 Å². The molecule has 0 unspecified atom stereocenters. The first-order valence-corrected chi connectivity index (χ1v) is 7.31. The number of carbonyl (C=O) groups excluding carboxylic acids is 2. The molecule has 1 N–H and O–H groups in total. The summed E-state index contributed by atoms with van der Waals surface area (Å²) in [6, 6.07) is 1.75. The van der Waals surface area contributed by atoms with E-state index in [4.69, 9.17) is 9.26 Å². The van der Waals surface area contributed by atoms with Gasteiger partial charge in [-0.2, -0.15) is 4.98 Å². The highest BCUT2D eigenvalue weighted by Gasteiger charge is 2.16. The Hall–Kier alpha value is -2.22. The fourth-order valence-electron chi connectivity index (χ4n) is 1.62. The fourth-order valence-corrected chi connectivity index (χ4v) is 2.39. The molecule has 0 aliphatic heterocycles. The predicted octanol–water partition coefficient (Wildman–Crippen LogP) is 2.39. The molecule has 21 heavy (non-hydrogen) atoms. The van der Waals surface area contributed by atoms with E-state index >= 15 is 0 Å². The molecule has 0 fully saturated rings. The number of hydrogen-bond acceptors (Lipinski definition) is 7. The summed E-state index contributed by atoms with van der Waals surface area (Å²) in [7, 11) is 0. The number of aryl methyl sites for hydroxylation is 1. The summed E-state index contributed by atoms with van der Waals surface area (Å²) in [6.45, 7) is 3.76. The minimum absolute atomic E-state index is 0.0544. The molecule has 2 aromatic rings. The average Bonchev–Trinajstić information content (AvgIpc) is 3.05. The molecule has 0 saturated heterocycles. The van der Waals surface area contributed by atoms with Crippen molar-refractivity contribution in [3.63, 3.8) is 0 Å². The highest BCUT2D eigenvalue weighted by atomic mass is 32.1. The number of rotatable bonds is 6. The molecule has 0 bridgehead atoms. The summed E-state index contributed by atoms with van der Waals surface area (Å²) < 4.78 is 9.86. The molecule has 1 amide bonds. The smallest absolute Gasteiger partial charge is 0.306 e. The molecule has 2 rings (SSSR count). The maximum Gasteiger partial charge on any atom is 0.306 e. The van der Waals surface area contributed by atoms with Crippen LogP contribution in [0.15, 0.2) is 16.0 Å². The van der Waals surface area contributed by atoms with Gasteiger partial charge in [-0.25, -0.2) is 0 Å². The van der Waals surface area contributed by atoms with Crippen molar-refractivity contribution in [1.82, 2.24) is 10.1 Å². The molecule has 0 aliphatic rings. The van der Waals surface area contributed by atoms with Crippen LogP contribution in [-0.2, 0) is 14.3 Å². The third-order valence-electron chi connectivity index (χ3n) is 2.52. The van der Waals surface area contributed by atoms with E-state index in [0.29, 0.717) is 28.9 Å². The Labute approximate surface area is 125 Å². The van der Waals surface area contributed by atoms with Crippen LogP contribution in [0, 0.1) is 6.92 Å². The van der Waals surface area contributed by atoms with Crippen molar-refractivity contribution in [2.75, 3.05) is 11.9 Å². The Bertz CT molecular complexity index is 635. The van der Waals surface area contributed by atoms with Crippen LogP contribution in [-0.4, -0.2) is 28.6 Å². The lowest BCUT2D eigenvalue weighted by atomic mass is 10.3. The molecule has 8 heteroatoms. The Morgan fingerprint density at radius 2 is 2.24 bits per heavy atom. The van der Waals surface area contributed by atoms with Crippen LogP contribution >= 0.6 is 11.3 Å². The fraction of sp³-hybridized carbons (Fsp3) is 0.385. The van der Waals surface area contributed by atoms with E-state index in [0.717, 1.165) is 0 Å². The van der Waals surface area contributed by atoms with Gasteiger partial charge < -0.3 is 14.6 Å². The van der Waals surface area contributed by atoms with Gasteiger partial charge in [0, 0.05) is 6.42 Å². The van der Waals surface area contributed by atoms with Gasteiger partial charge in [0.25, 0.3) is 5.89 Å². The van der Waals surface area contributed by atoms with Gasteiger partial charge in [0.2, 0.25) is 5.91 Å². The summed E-state index contributed by atoms with van der Waals surface area (Å²) in [4.78, 5) is 27.9. The number of hydrogen-bond donors (Lipinski definition) is 1. The second-order valence-corrected chi connectivity index (χ2v) is 5.08. The van der Waals surface area contributed by atoms with Crippen LogP contribution in [0.25, 0.3) is 10.8 Å². The lowest BCUT2D eigenvalue weighted by Gasteiger charge is -2.04. The summed E-state index contributed by atoms with van der Waals surface area (Å²) in [6.07, 6.45) is 0.121. The molecule has 112 valence electrons. The standard InChI is InChI=1S/C13H15N3O4S/c1-3-19-11(18)5-4-10(17)15-9-6-7-21-12(9)13-14-8(2)16-20-13/h6-7H,3-5H2,1-2H3,(H,15,17). The van der Waals surface area contributed by atoms with Crippen LogP contribution in [0.4, 0.5) is 5.69 Å². The Kier molecular flexibility index (Phi) is 5.04. The summed E-state index contributed by atoms with van der Waals surface area (Å²) in [5, 5.41) is 8.27. The number of nitrogens with one attached hydrogen (secondary N) is 1. The minimum atomic E-state index is -0.384. The van der Waals surface area contributed by atoms with Gasteiger partial charge in [0.15, 0.2) is 5.82 Å². The van der Waals surface area contributed by atoms with Crippen LogP contribution in [0.2, 0.25) is 0 Å². The third kappa shape index (κ3) is 4.12. The Balaban J connectivity index is 1.96. The maximum absolute atomic E-state index is 11.8. The first kappa shape index (κ1) is 15.2. The lowest BCUT2D eigenvalue weighted by Crippen LogP contribution is -2.14. The van der Waals surface area contributed by atoms with E-state index in [1.165, 1.54) is 11.3 Å². The SMILES string of the molecule is CCOC(=O)CCC(=O)Nc1ccsc1-c1nc(C)no1. The van der Waals surface area contributed by atoms with Crippen LogP contribution in [0.1, 0.15) is 25.6 Å². The largest absolute Gasteiger partial charge is 0.466 e. The minimum Gasteiger partial charge on any atom is -0.466 e. The maximum atomic E-state index is 11.8. The second-order valence-electron chi connectivity index (χ2n) is 4.16. The number of aromatic nitrogens is 2. The number of ether oxygens (including phenoxy) is 1. The second kappa shape index (κ2) is 6.98. The quantitative estimate of drug-likeness (QED) is 0.823. The van der Waals surface area contributed by atoms with Gasteiger partial charge in [-0.3, -0.25) is 9.59 Å². The van der Waals surface area contributed by atoms with Crippen molar-refractivity contribution in [2.24, 2.45) is 0 Å². The van der Waals surface area contributed by atoms with E-state index in [9.17, 15) is 9.59 Å². The molecule has 0 atom stereocenters. The highest BCUT2D eigenvalue weighted by molar-refractivity contribution is 7.14. The Morgan fingerprint density at radius 3 is 2.90 bits per heavy atom. The van der Waals surface area contributed by atoms with Crippen molar-refractivity contribution in [3.8, 4) is 10.8 Å². The highest BCUT2D eigenvalue weighted by Crippen LogP contribution is 2.32. The number of thiophene rings is 1. The van der Waals surface area contributed by atoms with Gasteiger partial charge in [-0.15, -0.1) is 11.3 Å². The number of amides is 1. The average molecular weight is 309 g/mol. The lowest BCUT2D eigenvalue weighted by molar-refractivity contribution is -0.144. The summed E-state index contributed by atoms with van der Waals surface area (Å²) >= 11 is 1.39. The molecule has 0 radical (unpaired) electrons. The normalized spacial score (nSPS) is 10.4. The summed E-state index contributed by atoms with van der Waals surface area (Å²) in [5.74, 6) is 0.242. The van der Waals surface area contributed by atoms with Gasteiger partial charge in [0.1, 0.15) is 4.88 Å². The molecule has 0 saturated carbocycles. The van der Waals surface area contributed by atoms with E-state index < -0.39 is 0 Å². The molecule has 2 heterocycles. The van der Waals surface area contributed by atoms with Crippen LogP contribution in [0.3, 0.4) is 0 Å². The monoisotopic (exact) mass is 309 g/mol. The number of anilines is 1. The van der Waals surface area contributed by atoms with Gasteiger partial charge in [-0.05, 0) is 25.3 Å². The van der Waals surface area contributed by atoms with Crippen LogP contribution in [0.5, 0.6) is 0 Å². The van der Waals surface area contributed by atoms with Crippen molar-refractivity contribution in [1.29, 1.82) is 0 Å². The zero-order valence-electron chi connectivity index (χ0n) is 11.7. The van der Waals surface area contributed by atoms with Crippen molar-refractivity contribution >= 4 is 28.9 Å². The molecule has 2 aromatic heterocycles. The zero-order valence-corrected chi connectivity index (χ0v) is 12.5. The van der Waals surface area contributed by atoms with Gasteiger partial charge >= 0.3 is 5.97 Å². The van der Waals surface area contributed by atoms with Crippen molar-refractivity contribution < 1.29 is 18.8 Å². The zero-order chi connectivity index (χ0) is 15.2. The molecule has 0 aliphatic carbocycles. The summed E-state index contributed by atoms with van der Waals surface area (Å²) in [5.41, 5.74) is 0.595. The first-order valence-electron chi connectivity index (χ1n) is 6.43. The van der Waals surface area contributed by atoms with Gasteiger partial charge in [0.05, 0.1) is 18.7 Å². The number of carbonyl (C=O) groups is 2. The number of esters is 1. The van der Waals surface area contributed by atoms with E-state index in [-0.39, 0.29) is 24.7 Å². The molecular weight excluding hydrogens is 294 g/mol. The molecule has 7 nitrogen and oxygen atoms in total. The van der Waals surface area contributed by atoms with Crippen molar-refractivity contribution in [3.05, 3.63) is 17.3 Å². The molecule has 0 aromatic carbocycles. The van der Waals surface area contributed by atoms with E-state index in [1.807, 2.05) is 5.38 Å². The first-order chi connectivity index (χ1) is 10.1. The number of nitrogens with zero attached hydrogens (tertiary/aromatic N) is 2. The van der Waals surface area contributed by atoms with Gasteiger partial charge in [-0.1, -0.05) is 5.16 Å². The third-order valence-corrected chi connectivity index (χ3v) is 3.43. The topological polar surface area (TPSA) is 94.3 Å². The predicted molar refractivity (Wildman–Crippen MR) is 76.8 cm³/mol. The van der Waals surface area contributed by atoms with E-state index in [1.54, 1.807) is 19.9 Å².